The average Bonchev–Trinajstić information content (AvgIpc) is 2.61. The molecule has 1 aromatic rings. The van der Waals surface area contributed by atoms with Gasteiger partial charge in [-0.2, -0.15) is 0 Å². The molecule has 0 aromatic heterocycles. The van der Waals surface area contributed by atoms with Gasteiger partial charge in [-0.15, -0.1) is 12.4 Å². The van der Waals surface area contributed by atoms with Crippen LogP contribution in [0.2, 0.25) is 0 Å². The number of nitrogen functional groups attached to an aromatic ring is 1. The molecule has 2 amide bonds. The van der Waals surface area contributed by atoms with Gasteiger partial charge in [-0.1, -0.05) is 31.5 Å². The summed E-state index contributed by atoms with van der Waals surface area (Å²) in [5, 5.41) is 2.98. The molecular weight excluding hydrogens is 338 g/mol. The Morgan fingerprint density at radius 3 is 2.80 bits per heavy atom. The fourth-order valence-electron chi connectivity index (χ4n) is 3.11. The van der Waals surface area contributed by atoms with Crippen molar-refractivity contribution < 1.29 is 9.59 Å². The molecule has 0 spiro atoms. The molecule has 1 saturated heterocycles. The number of amides is 2. The zero-order chi connectivity index (χ0) is 17.4. The fraction of sp³-hybridized carbons (Fsp3) is 0.579. The van der Waals surface area contributed by atoms with Crippen LogP contribution >= 0.6 is 12.4 Å². The summed E-state index contributed by atoms with van der Waals surface area (Å²) in [4.78, 5) is 26.5. The van der Waals surface area contributed by atoms with Gasteiger partial charge in [-0.05, 0) is 37.3 Å². The molecule has 140 valence electrons. The largest absolute Gasteiger partial charge is 0.399 e. The standard InChI is InChI=1S/C19H29N3O2.ClH/c1-2-3-12-21-19(24)16-8-6-13-22(14-16)18(23)11-10-15-7-4-5-9-17(15)20;/h4-5,7,9,16H,2-3,6,8,10-14,20H2,1H3,(H,21,24);1H. The van der Waals surface area contributed by atoms with Crippen LogP contribution in [0.1, 0.15) is 44.6 Å². The molecule has 1 aliphatic rings. The number of aryl methyl sites for hydroxylation is 1. The van der Waals surface area contributed by atoms with Crippen molar-refractivity contribution in [3.05, 3.63) is 29.8 Å². The number of benzene rings is 1. The Kier molecular flexibility index (Phi) is 9.35. The van der Waals surface area contributed by atoms with E-state index in [1.807, 2.05) is 29.2 Å². The number of hydrogen-bond acceptors (Lipinski definition) is 3. The number of para-hydroxylation sites is 1. The molecule has 1 fully saturated rings. The summed E-state index contributed by atoms with van der Waals surface area (Å²) in [5.74, 6) is 0.138. The van der Waals surface area contributed by atoms with Crippen molar-refractivity contribution in [1.82, 2.24) is 10.2 Å². The van der Waals surface area contributed by atoms with E-state index in [2.05, 4.69) is 12.2 Å². The lowest BCUT2D eigenvalue weighted by atomic mass is 9.96. The molecule has 0 aliphatic carbocycles. The highest BCUT2D eigenvalue weighted by atomic mass is 35.5. The highest BCUT2D eigenvalue weighted by Crippen LogP contribution is 2.19. The molecule has 1 heterocycles. The predicted octanol–water partition coefficient (Wildman–Crippen LogP) is 2.78. The van der Waals surface area contributed by atoms with Gasteiger partial charge in [-0.25, -0.2) is 0 Å². The normalized spacial score (nSPS) is 16.8. The third-order valence-electron chi connectivity index (χ3n) is 4.64. The number of nitrogens with one attached hydrogen (secondary N) is 1. The van der Waals surface area contributed by atoms with Crippen LogP contribution in [0.3, 0.4) is 0 Å². The van der Waals surface area contributed by atoms with Crippen LogP contribution in [0.4, 0.5) is 5.69 Å². The number of anilines is 1. The molecule has 5 nitrogen and oxygen atoms in total. The second-order valence-corrected chi connectivity index (χ2v) is 6.52. The molecule has 6 heteroatoms. The van der Waals surface area contributed by atoms with Gasteiger partial charge in [0.25, 0.3) is 0 Å². The van der Waals surface area contributed by atoms with Crippen LogP contribution < -0.4 is 11.1 Å². The number of halogens is 1. The monoisotopic (exact) mass is 367 g/mol. The molecule has 1 aliphatic heterocycles. The van der Waals surface area contributed by atoms with E-state index in [4.69, 9.17) is 5.73 Å². The third kappa shape index (κ3) is 6.58. The maximum absolute atomic E-state index is 12.5. The van der Waals surface area contributed by atoms with Crippen LogP contribution in [0.25, 0.3) is 0 Å². The Balaban J connectivity index is 0.00000312. The second-order valence-electron chi connectivity index (χ2n) is 6.52. The van der Waals surface area contributed by atoms with Crippen molar-refractivity contribution in [2.75, 3.05) is 25.4 Å². The Hall–Kier alpha value is -1.75. The molecule has 25 heavy (non-hydrogen) atoms. The number of carbonyl (C=O) groups excluding carboxylic acids is 2. The molecular formula is C19H30ClN3O2. The number of piperidine rings is 1. The molecule has 3 N–H and O–H groups in total. The van der Waals surface area contributed by atoms with Crippen LogP contribution in [-0.2, 0) is 16.0 Å². The number of carbonyl (C=O) groups is 2. The SMILES string of the molecule is CCCCNC(=O)C1CCCN(C(=O)CCc2ccccc2N)C1.Cl. The zero-order valence-electron chi connectivity index (χ0n) is 15.0. The quantitative estimate of drug-likeness (QED) is 0.574. The van der Waals surface area contributed by atoms with Crippen LogP contribution in [0.5, 0.6) is 0 Å². The van der Waals surface area contributed by atoms with E-state index in [1.165, 1.54) is 0 Å². The summed E-state index contributed by atoms with van der Waals surface area (Å²) in [6, 6.07) is 7.65. The number of hydrogen-bond donors (Lipinski definition) is 2. The van der Waals surface area contributed by atoms with Gasteiger partial charge >= 0.3 is 0 Å². The average molecular weight is 368 g/mol. The first-order valence-electron chi connectivity index (χ1n) is 9.00. The van der Waals surface area contributed by atoms with Crippen molar-refractivity contribution in [3.63, 3.8) is 0 Å². The summed E-state index contributed by atoms with van der Waals surface area (Å²) in [5.41, 5.74) is 7.67. The summed E-state index contributed by atoms with van der Waals surface area (Å²) >= 11 is 0. The summed E-state index contributed by atoms with van der Waals surface area (Å²) in [6.07, 6.45) is 4.92. The van der Waals surface area contributed by atoms with E-state index < -0.39 is 0 Å². The Morgan fingerprint density at radius 1 is 1.32 bits per heavy atom. The second kappa shape index (κ2) is 11.0. The first kappa shape index (κ1) is 21.3. The lowest BCUT2D eigenvalue weighted by molar-refractivity contribution is -0.135. The van der Waals surface area contributed by atoms with Gasteiger partial charge in [0.05, 0.1) is 5.92 Å². The maximum atomic E-state index is 12.5. The number of nitrogens with two attached hydrogens (primary N) is 1. The smallest absolute Gasteiger partial charge is 0.224 e. The first-order chi connectivity index (χ1) is 11.6. The summed E-state index contributed by atoms with van der Waals surface area (Å²) in [6.45, 7) is 4.13. The number of unbranched alkanes of at least 4 members (excludes halogenated alkanes) is 1. The highest BCUT2D eigenvalue weighted by Gasteiger charge is 2.27. The third-order valence-corrected chi connectivity index (χ3v) is 4.64. The molecule has 0 saturated carbocycles. The minimum atomic E-state index is -0.0682. The Morgan fingerprint density at radius 2 is 2.08 bits per heavy atom. The Bertz CT molecular complexity index is 565. The van der Waals surface area contributed by atoms with E-state index in [0.717, 1.165) is 50.0 Å². The van der Waals surface area contributed by atoms with E-state index in [0.29, 0.717) is 19.4 Å². The zero-order valence-corrected chi connectivity index (χ0v) is 15.8. The van der Waals surface area contributed by atoms with Crippen molar-refractivity contribution in [1.29, 1.82) is 0 Å². The molecule has 0 radical (unpaired) electrons. The Labute approximate surface area is 156 Å². The van der Waals surface area contributed by atoms with Crippen LogP contribution in [0, 0.1) is 5.92 Å². The number of rotatable bonds is 7. The maximum Gasteiger partial charge on any atom is 0.224 e. The van der Waals surface area contributed by atoms with Gasteiger partial charge < -0.3 is 16.0 Å². The van der Waals surface area contributed by atoms with E-state index >= 15 is 0 Å². The van der Waals surface area contributed by atoms with Crippen LogP contribution in [0.15, 0.2) is 24.3 Å². The van der Waals surface area contributed by atoms with Gasteiger partial charge in [-0.3, -0.25) is 9.59 Å². The van der Waals surface area contributed by atoms with Crippen molar-refractivity contribution in [2.24, 2.45) is 5.92 Å². The van der Waals surface area contributed by atoms with Gasteiger partial charge in [0.15, 0.2) is 0 Å². The molecule has 1 aromatic carbocycles. The first-order valence-corrected chi connectivity index (χ1v) is 9.00. The van der Waals surface area contributed by atoms with Gasteiger partial charge in [0.1, 0.15) is 0 Å². The lowest BCUT2D eigenvalue weighted by Crippen LogP contribution is -2.45. The van der Waals surface area contributed by atoms with Crippen molar-refractivity contribution in [3.8, 4) is 0 Å². The molecule has 2 rings (SSSR count). The minimum absolute atomic E-state index is 0. The number of likely N-dealkylation sites (tertiary alicyclic amines) is 1. The topological polar surface area (TPSA) is 75.4 Å². The lowest BCUT2D eigenvalue weighted by Gasteiger charge is -2.32. The fourth-order valence-corrected chi connectivity index (χ4v) is 3.11. The molecule has 0 bridgehead atoms. The predicted molar refractivity (Wildman–Crippen MR) is 104 cm³/mol. The van der Waals surface area contributed by atoms with E-state index in [9.17, 15) is 9.59 Å². The van der Waals surface area contributed by atoms with Crippen molar-refractivity contribution in [2.45, 2.75) is 45.4 Å². The van der Waals surface area contributed by atoms with E-state index in [1.54, 1.807) is 0 Å². The highest BCUT2D eigenvalue weighted by molar-refractivity contribution is 5.85. The summed E-state index contributed by atoms with van der Waals surface area (Å²) < 4.78 is 0. The summed E-state index contributed by atoms with van der Waals surface area (Å²) in [7, 11) is 0. The molecule has 1 atom stereocenters. The number of nitrogens with zero attached hydrogens (tertiary/aromatic N) is 1. The molecule has 1 unspecified atom stereocenters. The van der Waals surface area contributed by atoms with Gasteiger partial charge in [0.2, 0.25) is 11.8 Å². The minimum Gasteiger partial charge on any atom is -0.399 e. The van der Waals surface area contributed by atoms with E-state index in [-0.39, 0.29) is 30.1 Å². The van der Waals surface area contributed by atoms with Crippen molar-refractivity contribution >= 4 is 29.9 Å². The van der Waals surface area contributed by atoms with Crippen LogP contribution in [-0.4, -0.2) is 36.3 Å². The van der Waals surface area contributed by atoms with Gasteiger partial charge in [0, 0.05) is 31.7 Å².